The number of carbonyl (C=O) groups excluding carboxylic acids is 1. The minimum Gasteiger partial charge on any atom is -0.476 e. The van der Waals surface area contributed by atoms with Crippen LogP contribution >= 0.6 is 15.9 Å². The van der Waals surface area contributed by atoms with Gasteiger partial charge in [0.1, 0.15) is 5.75 Å². The van der Waals surface area contributed by atoms with E-state index in [9.17, 15) is 4.79 Å². The zero-order valence-electron chi connectivity index (χ0n) is 13.4. The summed E-state index contributed by atoms with van der Waals surface area (Å²) in [5.41, 5.74) is 0.854. The van der Waals surface area contributed by atoms with Crippen molar-refractivity contribution in [3.05, 3.63) is 64.6 Å². The van der Waals surface area contributed by atoms with Gasteiger partial charge in [0.25, 0.3) is 5.91 Å². The summed E-state index contributed by atoms with van der Waals surface area (Å²) in [4.78, 5) is 12.8. The third kappa shape index (κ3) is 4.58. The number of piperidine rings is 1. The van der Waals surface area contributed by atoms with Crippen LogP contribution in [0, 0.1) is 0 Å². The van der Waals surface area contributed by atoms with Crippen LogP contribution in [0.5, 0.6) is 5.75 Å². The molecule has 0 aliphatic carbocycles. The molecule has 2 aromatic rings. The van der Waals surface area contributed by atoms with E-state index >= 15 is 0 Å². The van der Waals surface area contributed by atoms with Crippen molar-refractivity contribution in [1.82, 2.24) is 10.6 Å². The lowest BCUT2D eigenvalue weighted by atomic mass is 10.0. The molecule has 2 aromatic carbocycles. The second kappa shape index (κ2) is 8.31. The van der Waals surface area contributed by atoms with E-state index in [0.29, 0.717) is 5.75 Å². The van der Waals surface area contributed by atoms with Crippen molar-refractivity contribution in [2.75, 3.05) is 13.1 Å². The number of halogens is 1. The summed E-state index contributed by atoms with van der Waals surface area (Å²) in [6.07, 6.45) is 1.25. The number of rotatable bonds is 5. The molecule has 1 aliphatic heterocycles. The number of hydrogen-bond donors (Lipinski definition) is 2. The summed E-state index contributed by atoms with van der Waals surface area (Å²) < 4.78 is 6.99. The molecule has 1 heterocycles. The SMILES string of the molecule is O=C(NC1CCNCC1)C(Oc1ccc(Br)cc1)c1ccccc1. The number of amides is 1. The molecule has 24 heavy (non-hydrogen) atoms. The highest BCUT2D eigenvalue weighted by Crippen LogP contribution is 2.24. The Bertz CT molecular complexity index is 655. The molecule has 126 valence electrons. The van der Waals surface area contributed by atoms with Gasteiger partial charge in [0, 0.05) is 16.1 Å². The number of benzene rings is 2. The van der Waals surface area contributed by atoms with Crippen molar-refractivity contribution in [3.8, 4) is 5.75 Å². The molecule has 1 saturated heterocycles. The summed E-state index contributed by atoms with van der Waals surface area (Å²) in [6, 6.07) is 17.4. The van der Waals surface area contributed by atoms with E-state index in [1.807, 2.05) is 54.6 Å². The number of carbonyl (C=O) groups is 1. The second-order valence-corrected chi connectivity index (χ2v) is 6.81. The highest BCUT2D eigenvalue weighted by atomic mass is 79.9. The fourth-order valence-electron chi connectivity index (χ4n) is 2.79. The Kier molecular flexibility index (Phi) is 5.88. The lowest BCUT2D eigenvalue weighted by molar-refractivity contribution is -0.129. The van der Waals surface area contributed by atoms with Crippen LogP contribution in [-0.4, -0.2) is 25.0 Å². The van der Waals surface area contributed by atoms with Gasteiger partial charge in [-0.2, -0.15) is 0 Å². The Hall–Kier alpha value is -1.85. The molecule has 0 spiro atoms. The average molecular weight is 389 g/mol. The minimum atomic E-state index is -0.651. The smallest absolute Gasteiger partial charge is 0.266 e. The Morgan fingerprint density at radius 1 is 1.08 bits per heavy atom. The van der Waals surface area contributed by atoms with E-state index in [0.717, 1.165) is 36.0 Å². The van der Waals surface area contributed by atoms with Crippen LogP contribution in [-0.2, 0) is 4.79 Å². The molecule has 1 atom stereocenters. The van der Waals surface area contributed by atoms with Crippen LogP contribution in [0.1, 0.15) is 24.5 Å². The molecule has 2 N–H and O–H groups in total. The third-order valence-corrected chi connectivity index (χ3v) is 4.62. The van der Waals surface area contributed by atoms with E-state index in [1.54, 1.807) is 0 Å². The van der Waals surface area contributed by atoms with Gasteiger partial charge in [0.15, 0.2) is 0 Å². The first-order valence-electron chi connectivity index (χ1n) is 8.20. The maximum absolute atomic E-state index is 12.8. The topological polar surface area (TPSA) is 50.4 Å². The van der Waals surface area contributed by atoms with Crippen LogP contribution in [0.3, 0.4) is 0 Å². The lowest BCUT2D eigenvalue weighted by Gasteiger charge is -2.26. The van der Waals surface area contributed by atoms with Crippen molar-refractivity contribution in [2.24, 2.45) is 0 Å². The normalized spacial score (nSPS) is 16.4. The maximum Gasteiger partial charge on any atom is 0.266 e. The molecule has 4 nitrogen and oxygen atoms in total. The summed E-state index contributed by atoms with van der Waals surface area (Å²) in [5, 5.41) is 6.44. The first kappa shape index (κ1) is 17.0. The van der Waals surface area contributed by atoms with Crippen LogP contribution in [0.4, 0.5) is 0 Å². The number of nitrogens with one attached hydrogen (secondary N) is 2. The molecule has 0 bridgehead atoms. The van der Waals surface area contributed by atoms with Gasteiger partial charge >= 0.3 is 0 Å². The maximum atomic E-state index is 12.8. The average Bonchev–Trinajstić information content (AvgIpc) is 2.63. The highest BCUT2D eigenvalue weighted by Gasteiger charge is 2.25. The van der Waals surface area contributed by atoms with Crippen LogP contribution < -0.4 is 15.4 Å². The Morgan fingerprint density at radius 3 is 2.42 bits per heavy atom. The molecule has 3 rings (SSSR count). The van der Waals surface area contributed by atoms with Crippen LogP contribution in [0.2, 0.25) is 0 Å². The first-order valence-corrected chi connectivity index (χ1v) is 9.00. The van der Waals surface area contributed by atoms with E-state index in [2.05, 4.69) is 26.6 Å². The van der Waals surface area contributed by atoms with Crippen molar-refractivity contribution in [2.45, 2.75) is 25.0 Å². The molecule has 1 amide bonds. The van der Waals surface area contributed by atoms with Crippen molar-refractivity contribution in [3.63, 3.8) is 0 Å². The summed E-state index contributed by atoms with van der Waals surface area (Å²) in [5.74, 6) is 0.587. The number of ether oxygens (including phenoxy) is 1. The van der Waals surface area contributed by atoms with Crippen molar-refractivity contribution >= 4 is 21.8 Å². The van der Waals surface area contributed by atoms with Crippen LogP contribution in [0.15, 0.2) is 59.1 Å². The fourth-order valence-corrected chi connectivity index (χ4v) is 3.06. The third-order valence-electron chi connectivity index (χ3n) is 4.09. The van der Waals surface area contributed by atoms with Gasteiger partial charge in [-0.3, -0.25) is 4.79 Å². The Morgan fingerprint density at radius 2 is 1.75 bits per heavy atom. The van der Waals surface area contributed by atoms with Gasteiger partial charge in [0.05, 0.1) is 0 Å². The van der Waals surface area contributed by atoms with E-state index in [1.165, 1.54) is 0 Å². The van der Waals surface area contributed by atoms with Crippen molar-refractivity contribution < 1.29 is 9.53 Å². The van der Waals surface area contributed by atoms with Gasteiger partial charge < -0.3 is 15.4 Å². The molecule has 1 fully saturated rings. The molecule has 0 aromatic heterocycles. The standard InChI is InChI=1S/C19H21BrN2O2/c20-15-6-8-17(9-7-15)24-18(14-4-2-1-3-5-14)19(23)22-16-10-12-21-13-11-16/h1-9,16,18,21H,10-13H2,(H,22,23). The summed E-state index contributed by atoms with van der Waals surface area (Å²) in [6.45, 7) is 1.88. The Balaban J connectivity index is 1.76. The highest BCUT2D eigenvalue weighted by molar-refractivity contribution is 9.10. The predicted octanol–water partition coefficient (Wildman–Crippen LogP) is 3.44. The first-order chi connectivity index (χ1) is 11.7. The van der Waals surface area contributed by atoms with Gasteiger partial charge in [-0.1, -0.05) is 46.3 Å². The fraction of sp³-hybridized carbons (Fsp3) is 0.316. The largest absolute Gasteiger partial charge is 0.476 e. The molecule has 5 heteroatoms. The summed E-state index contributed by atoms with van der Waals surface area (Å²) in [7, 11) is 0. The van der Waals surface area contributed by atoms with Gasteiger partial charge in [-0.05, 0) is 50.2 Å². The zero-order chi connectivity index (χ0) is 16.8. The zero-order valence-corrected chi connectivity index (χ0v) is 15.0. The quantitative estimate of drug-likeness (QED) is 0.824. The predicted molar refractivity (Wildman–Crippen MR) is 98.0 cm³/mol. The molecule has 1 aliphatic rings. The molecular formula is C19H21BrN2O2. The van der Waals surface area contributed by atoms with Crippen LogP contribution in [0.25, 0.3) is 0 Å². The Labute approximate surface area is 150 Å². The van der Waals surface area contributed by atoms with Crippen molar-refractivity contribution in [1.29, 1.82) is 0 Å². The minimum absolute atomic E-state index is 0.0870. The van der Waals surface area contributed by atoms with E-state index in [4.69, 9.17) is 4.74 Å². The van der Waals surface area contributed by atoms with E-state index in [-0.39, 0.29) is 11.9 Å². The second-order valence-electron chi connectivity index (χ2n) is 5.90. The van der Waals surface area contributed by atoms with E-state index < -0.39 is 6.10 Å². The molecule has 1 unspecified atom stereocenters. The molecular weight excluding hydrogens is 368 g/mol. The summed E-state index contributed by atoms with van der Waals surface area (Å²) >= 11 is 3.41. The van der Waals surface area contributed by atoms with Gasteiger partial charge in [-0.15, -0.1) is 0 Å². The van der Waals surface area contributed by atoms with Gasteiger partial charge in [-0.25, -0.2) is 0 Å². The van der Waals surface area contributed by atoms with Gasteiger partial charge in [0.2, 0.25) is 6.10 Å². The molecule has 0 saturated carbocycles. The molecule has 0 radical (unpaired) electrons. The number of hydrogen-bond acceptors (Lipinski definition) is 3. The monoisotopic (exact) mass is 388 g/mol. The lowest BCUT2D eigenvalue weighted by Crippen LogP contribution is -2.45.